The second-order valence-corrected chi connectivity index (χ2v) is 4.64. The molecule has 1 saturated heterocycles. The molecule has 1 aliphatic heterocycles. The number of nitrogens with zero attached hydrogens (tertiary/aromatic N) is 1. The topological polar surface area (TPSA) is 29.3 Å². The molecule has 1 fully saturated rings. The molecule has 1 atom stereocenters. The van der Waals surface area contributed by atoms with Crippen LogP contribution in [0.1, 0.15) is 12.0 Å². The minimum absolute atomic E-state index is 0.710. The van der Waals surface area contributed by atoms with Crippen molar-refractivity contribution in [2.24, 2.45) is 11.7 Å². The van der Waals surface area contributed by atoms with Crippen LogP contribution in [0.5, 0.6) is 0 Å². The molecule has 0 aromatic carbocycles. The van der Waals surface area contributed by atoms with Crippen LogP contribution in [0.2, 0.25) is 0 Å². The molecule has 0 aliphatic carbocycles. The zero-order valence-corrected chi connectivity index (χ0v) is 8.81. The Balaban J connectivity index is 2.08. The maximum absolute atomic E-state index is 5.66. The summed E-state index contributed by atoms with van der Waals surface area (Å²) in [6.07, 6.45) is 1.26. The van der Waals surface area contributed by atoms with Crippen molar-refractivity contribution in [3.63, 3.8) is 0 Å². The molecule has 72 valence electrons. The quantitative estimate of drug-likeness (QED) is 0.782. The molecule has 0 amide bonds. The fourth-order valence-electron chi connectivity index (χ4n) is 1.90. The normalized spacial score (nSPS) is 22.6. The maximum Gasteiger partial charge on any atom is 0.0938 e. The third-order valence-corrected chi connectivity index (χ3v) is 3.82. The van der Waals surface area contributed by atoms with E-state index in [2.05, 4.69) is 23.3 Å². The number of nitrogens with two attached hydrogens (primary N) is 1. The van der Waals surface area contributed by atoms with Gasteiger partial charge in [-0.1, -0.05) is 0 Å². The van der Waals surface area contributed by atoms with Crippen molar-refractivity contribution >= 4 is 16.3 Å². The molecule has 1 aromatic rings. The second-order valence-electron chi connectivity index (χ2n) is 3.75. The highest BCUT2D eigenvalue weighted by molar-refractivity contribution is 7.14. The van der Waals surface area contributed by atoms with Gasteiger partial charge in [0.25, 0.3) is 0 Å². The van der Waals surface area contributed by atoms with Crippen molar-refractivity contribution in [2.75, 3.05) is 24.5 Å². The van der Waals surface area contributed by atoms with Gasteiger partial charge in [0.1, 0.15) is 0 Å². The highest BCUT2D eigenvalue weighted by Crippen LogP contribution is 2.31. The van der Waals surface area contributed by atoms with Gasteiger partial charge in [-0.05, 0) is 42.8 Å². The summed E-state index contributed by atoms with van der Waals surface area (Å²) in [7, 11) is 0. The molecule has 2 rings (SSSR count). The van der Waals surface area contributed by atoms with Crippen molar-refractivity contribution in [3.8, 4) is 0 Å². The fourth-order valence-corrected chi connectivity index (χ4v) is 2.87. The Bertz CT molecular complexity index is 282. The smallest absolute Gasteiger partial charge is 0.0938 e. The number of thiophene rings is 1. The zero-order chi connectivity index (χ0) is 9.26. The minimum atomic E-state index is 0.710. The van der Waals surface area contributed by atoms with Crippen LogP contribution in [0.3, 0.4) is 0 Å². The van der Waals surface area contributed by atoms with Crippen LogP contribution in [0, 0.1) is 12.8 Å². The van der Waals surface area contributed by atoms with E-state index >= 15 is 0 Å². The molecule has 0 saturated carbocycles. The third kappa shape index (κ3) is 1.71. The molecule has 3 heteroatoms. The van der Waals surface area contributed by atoms with Gasteiger partial charge in [0.2, 0.25) is 0 Å². The van der Waals surface area contributed by atoms with Gasteiger partial charge in [-0.2, -0.15) is 0 Å². The molecule has 0 bridgehead atoms. The summed E-state index contributed by atoms with van der Waals surface area (Å²) in [5, 5.41) is 3.61. The highest BCUT2D eigenvalue weighted by Gasteiger charge is 2.22. The molecular weight excluding hydrogens is 180 g/mol. The molecular formula is C10H16N2S. The van der Waals surface area contributed by atoms with Gasteiger partial charge < -0.3 is 10.6 Å². The van der Waals surface area contributed by atoms with Crippen molar-refractivity contribution in [3.05, 3.63) is 17.0 Å². The van der Waals surface area contributed by atoms with Gasteiger partial charge in [-0.25, -0.2) is 0 Å². The van der Waals surface area contributed by atoms with Crippen LogP contribution < -0.4 is 10.6 Å². The second kappa shape index (κ2) is 3.68. The Hall–Kier alpha value is -0.540. The van der Waals surface area contributed by atoms with Gasteiger partial charge in [-0.3, -0.25) is 0 Å². The average molecular weight is 196 g/mol. The van der Waals surface area contributed by atoms with E-state index in [0.29, 0.717) is 5.92 Å². The highest BCUT2D eigenvalue weighted by atomic mass is 32.1. The predicted molar refractivity (Wildman–Crippen MR) is 58.4 cm³/mol. The third-order valence-electron chi connectivity index (χ3n) is 2.74. The van der Waals surface area contributed by atoms with Gasteiger partial charge in [-0.15, -0.1) is 11.3 Å². The Morgan fingerprint density at radius 2 is 2.54 bits per heavy atom. The first-order valence-electron chi connectivity index (χ1n) is 4.80. The summed E-state index contributed by atoms with van der Waals surface area (Å²) in [5.74, 6) is 0.710. The van der Waals surface area contributed by atoms with Crippen LogP contribution in [0.25, 0.3) is 0 Å². The maximum atomic E-state index is 5.66. The number of anilines is 1. The molecule has 13 heavy (non-hydrogen) atoms. The van der Waals surface area contributed by atoms with E-state index in [-0.39, 0.29) is 0 Å². The van der Waals surface area contributed by atoms with Gasteiger partial charge >= 0.3 is 0 Å². The molecule has 0 spiro atoms. The van der Waals surface area contributed by atoms with Crippen molar-refractivity contribution < 1.29 is 0 Å². The molecule has 2 heterocycles. The van der Waals surface area contributed by atoms with Crippen LogP contribution in [-0.2, 0) is 0 Å². The summed E-state index contributed by atoms with van der Waals surface area (Å²) in [6.45, 7) is 5.35. The summed E-state index contributed by atoms with van der Waals surface area (Å²) < 4.78 is 0. The summed E-state index contributed by atoms with van der Waals surface area (Å²) in [6, 6.07) is 2.19. The van der Waals surface area contributed by atoms with E-state index in [1.165, 1.54) is 23.5 Å². The van der Waals surface area contributed by atoms with E-state index in [9.17, 15) is 0 Å². The van der Waals surface area contributed by atoms with Crippen molar-refractivity contribution in [1.29, 1.82) is 0 Å². The zero-order valence-electron chi connectivity index (χ0n) is 7.99. The molecule has 2 N–H and O–H groups in total. The lowest BCUT2D eigenvalue weighted by molar-refractivity contribution is 0.603. The monoisotopic (exact) mass is 196 g/mol. The van der Waals surface area contributed by atoms with E-state index in [1.54, 1.807) is 0 Å². The summed E-state index contributed by atoms with van der Waals surface area (Å²) in [5.41, 5.74) is 7.07. The number of hydrogen-bond donors (Lipinski definition) is 1. The predicted octanol–water partition coefficient (Wildman–Crippen LogP) is 1.84. The Morgan fingerprint density at radius 3 is 3.08 bits per heavy atom. The molecule has 1 aliphatic rings. The van der Waals surface area contributed by atoms with E-state index < -0.39 is 0 Å². The summed E-state index contributed by atoms with van der Waals surface area (Å²) in [4.78, 5) is 2.47. The molecule has 1 unspecified atom stereocenters. The lowest BCUT2D eigenvalue weighted by atomic mass is 10.1. The number of aryl methyl sites for hydroxylation is 1. The SMILES string of the molecule is Cc1ccsc1N1CCC(CN)C1. The first-order chi connectivity index (χ1) is 6.31. The van der Waals surface area contributed by atoms with Gasteiger partial charge in [0, 0.05) is 13.1 Å². The Labute approximate surface area is 83.4 Å². The van der Waals surface area contributed by atoms with Gasteiger partial charge in [0.05, 0.1) is 5.00 Å². The lowest BCUT2D eigenvalue weighted by Crippen LogP contribution is -2.22. The van der Waals surface area contributed by atoms with Crippen LogP contribution in [0.15, 0.2) is 11.4 Å². The molecule has 0 radical (unpaired) electrons. The average Bonchev–Trinajstić information content (AvgIpc) is 2.71. The molecule has 2 nitrogen and oxygen atoms in total. The number of rotatable bonds is 2. The van der Waals surface area contributed by atoms with E-state index in [1.807, 2.05) is 11.3 Å². The summed E-state index contributed by atoms with van der Waals surface area (Å²) >= 11 is 1.84. The van der Waals surface area contributed by atoms with Crippen molar-refractivity contribution in [2.45, 2.75) is 13.3 Å². The lowest BCUT2D eigenvalue weighted by Gasteiger charge is -2.17. The van der Waals surface area contributed by atoms with Crippen molar-refractivity contribution in [1.82, 2.24) is 0 Å². The minimum Gasteiger partial charge on any atom is -0.363 e. The number of hydrogen-bond acceptors (Lipinski definition) is 3. The van der Waals surface area contributed by atoms with E-state index in [4.69, 9.17) is 5.73 Å². The largest absolute Gasteiger partial charge is 0.363 e. The Morgan fingerprint density at radius 1 is 1.69 bits per heavy atom. The standard InChI is InChI=1S/C10H16N2S/c1-8-3-5-13-10(8)12-4-2-9(6-11)7-12/h3,5,9H,2,4,6-7,11H2,1H3. The first-order valence-corrected chi connectivity index (χ1v) is 5.68. The molecule has 1 aromatic heterocycles. The van der Waals surface area contributed by atoms with Crippen LogP contribution in [0.4, 0.5) is 5.00 Å². The van der Waals surface area contributed by atoms with Crippen LogP contribution >= 0.6 is 11.3 Å². The fraction of sp³-hybridized carbons (Fsp3) is 0.600. The Kier molecular flexibility index (Phi) is 2.56. The van der Waals surface area contributed by atoms with Crippen LogP contribution in [-0.4, -0.2) is 19.6 Å². The van der Waals surface area contributed by atoms with Gasteiger partial charge in [0.15, 0.2) is 0 Å². The first kappa shape index (κ1) is 9.03. The van der Waals surface area contributed by atoms with E-state index in [0.717, 1.165) is 13.1 Å².